The molecule has 1 aromatic rings. The first kappa shape index (κ1) is 14.4. The van der Waals surface area contributed by atoms with Crippen molar-refractivity contribution in [3.8, 4) is 0 Å². The van der Waals surface area contributed by atoms with E-state index in [1.54, 1.807) is 4.90 Å². The van der Waals surface area contributed by atoms with Crippen molar-refractivity contribution in [1.29, 1.82) is 0 Å². The number of nitrogens with zero attached hydrogens (tertiary/aromatic N) is 4. The molecule has 2 heterocycles. The maximum absolute atomic E-state index is 12.3. The molecule has 0 saturated carbocycles. The SMILES string of the molecule is CCc1nnsc1C(=O)N(C)CCN1CCNCC1. The van der Waals surface area contributed by atoms with Crippen LogP contribution in [0.3, 0.4) is 0 Å². The summed E-state index contributed by atoms with van der Waals surface area (Å²) >= 11 is 1.20. The van der Waals surface area contributed by atoms with Crippen molar-refractivity contribution < 1.29 is 4.79 Å². The normalized spacial score (nSPS) is 16.5. The number of hydrogen-bond acceptors (Lipinski definition) is 6. The van der Waals surface area contributed by atoms with Crippen LogP contribution in [0.4, 0.5) is 0 Å². The molecule has 106 valence electrons. The lowest BCUT2D eigenvalue weighted by Crippen LogP contribution is -2.46. The highest BCUT2D eigenvalue weighted by molar-refractivity contribution is 7.07. The van der Waals surface area contributed by atoms with Gasteiger partial charge in [-0.2, -0.15) is 0 Å². The van der Waals surface area contributed by atoms with Gasteiger partial charge >= 0.3 is 0 Å². The Labute approximate surface area is 117 Å². The molecule has 19 heavy (non-hydrogen) atoms. The Bertz CT molecular complexity index is 416. The quantitative estimate of drug-likeness (QED) is 0.829. The summed E-state index contributed by atoms with van der Waals surface area (Å²) in [5.41, 5.74) is 0.809. The monoisotopic (exact) mass is 283 g/mol. The van der Waals surface area contributed by atoms with Crippen molar-refractivity contribution in [1.82, 2.24) is 24.7 Å². The lowest BCUT2D eigenvalue weighted by Gasteiger charge is -2.29. The third-order valence-corrected chi connectivity index (χ3v) is 4.15. The van der Waals surface area contributed by atoms with Gasteiger partial charge in [-0.1, -0.05) is 11.4 Å². The first-order valence-corrected chi connectivity index (χ1v) is 7.49. The van der Waals surface area contributed by atoms with Crippen LogP contribution in [-0.2, 0) is 6.42 Å². The molecule has 0 aliphatic carbocycles. The van der Waals surface area contributed by atoms with E-state index in [4.69, 9.17) is 0 Å². The fraction of sp³-hybridized carbons (Fsp3) is 0.750. The van der Waals surface area contributed by atoms with Crippen LogP contribution in [0.1, 0.15) is 22.3 Å². The fourth-order valence-electron chi connectivity index (χ4n) is 2.10. The number of carbonyl (C=O) groups is 1. The molecular formula is C12H21N5OS. The second-order valence-electron chi connectivity index (χ2n) is 4.72. The number of piperazine rings is 1. The van der Waals surface area contributed by atoms with Crippen molar-refractivity contribution >= 4 is 17.4 Å². The van der Waals surface area contributed by atoms with Gasteiger partial charge in [0.25, 0.3) is 5.91 Å². The van der Waals surface area contributed by atoms with Gasteiger partial charge in [0.1, 0.15) is 4.88 Å². The Morgan fingerprint density at radius 3 is 2.89 bits per heavy atom. The molecule has 1 fully saturated rings. The van der Waals surface area contributed by atoms with E-state index in [9.17, 15) is 4.79 Å². The highest BCUT2D eigenvalue weighted by Crippen LogP contribution is 2.13. The Kier molecular flexibility index (Phi) is 5.24. The minimum Gasteiger partial charge on any atom is -0.340 e. The minimum absolute atomic E-state index is 0.0435. The van der Waals surface area contributed by atoms with Gasteiger partial charge in [0.15, 0.2) is 0 Å². The molecule has 1 aliphatic heterocycles. The third kappa shape index (κ3) is 3.71. The number of aryl methyl sites for hydroxylation is 1. The summed E-state index contributed by atoms with van der Waals surface area (Å²) in [5, 5.41) is 7.32. The molecule has 0 unspecified atom stereocenters. The van der Waals surface area contributed by atoms with Gasteiger partial charge in [0.05, 0.1) is 5.69 Å². The molecule has 0 radical (unpaired) electrons. The highest BCUT2D eigenvalue weighted by Gasteiger charge is 2.19. The van der Waals surface area contributed by atoms with Crippen molar-refractivity contribution in [3.05, 3.63) is 10.6 Å². The maximum atomic E-state index is 12.3. The molecule has 0 aromatic carbocycles. The first-order chi connectivity index (χ1) is 9.22. The van der Waals surface area contributed by atoms with Crippen LogP contribution in [0, 0.1) is 0 Å². The van der Waals surface area contributed by atoms with Crippen molar-refractivity contribution in [3.63, 3.8) is 0 Å². The second kappa shape index (κ2) is 6.93. The second-order valence-corrected chi connectivity index (χ2v) is 5.47. The molecule has 1 aromatic heterocycles. The summed E-state index contributed by atoms with van der Waals surface area (Å²) in [4.78, 5) is 17.1. The highest BCUT2D eigenvalue weighted by atomic mass is 32.1. The number of nitrogens with one attached hydrogen (secondary N) is 1. The molecular weight excluding hydrogens is 262 g/mol. The maximum Gasteiger partial charge on any atom is 0.267 e. The average Bonchev–Trinajstić information content (AvgIpc) is 2.93. The Morgan fingerprint density at radius 2 is 2.21 bits per heavy atom. The summed E-state index contributed by atoms with van der Waals surface area (Å²) in [6.45, 7) is 7.87. The van der Waals surface area contributed by atoms with Crippen LogP contribution in [0.15, 0.2) is 0 Å². The predicted molar refractivity (Wildman–Crippen MR) is 75.6 cm³/mol. The summed E-state index contributed by atoms with van der Waals surface area (Å²) < 4.78 is 3.87. The van der Waals surface area contributed by atoms with Gasteiger partial charge in [-0.15, -0.1) is 5.10 Å². The van der Waals surface area contributed by atoms with Gasteiger partial charge < -0.3 is 10.2 Å². The standard InChI is InChI=1S/C12H21N5OS/c1-3-10-11(19-15-14-10)12(18)16(2)8-9-17-6-4-13-5-7-17/h13H,3-9H2,1-2H3. The van der Waals surface area contributed by atoms with E-state index in [2.05, 4.69) is 19.8 Å². The topological polar surface area (TPSA) is 61.4 Å². The van der Waals surface area contributed by atoms with Crippen molar-refractivity contribution in [2.45, 2.75) is 13.3 Å². The van der Waals surface area contributed by atoms with Crippen LogP contribution >= 0.6 is 11.5 Å². The minimum atomic E-state index is 0.0435. The number of carbonyl (C=O) groups excluding carboxylic acids is 1. The van der Waals surface area contributed by atoms with Crippen LogP contribution in [-0.4, -0.2) is 71.6 Å². The lowest BCUT2D eigenvalue weighted by molar-refractivity contribution is 0.0778. The van der Waals surface area contributed by atoms with Gasteiger partial charge in [-0.25, -0.2) is 0 Å². The summed E-state index contributed by atoms with van der Waals surface area (Å²) in [5.74, 6) is 0.0435. The Morgan fingerprint density at radius 1 is 1.47 bits per heavy atom. The van der Waals surface area contributed by atoms with Crippen LogP contribution < -0.4 is 5.32 Å². The largest absolute Gasteiger partial charge is 0.340 e. The van der Waals surface area contributed by atoms with Crippen molar-refractivity contribution in [2.75, 3.05) is 46.3 Å². The van der Waals surface area contributed by atoms with E-state index < -0.39 is 0 Å². The summed E-state index contributed by atoms with van der Waals surface area (Å²) in [6.07, 6.45) is 0.753. The van der Waals surface area contributed by atoms with E-state index in [0.717, 1.165) is 51.4 Å². The first-order valence-electron chi connectivity index (χ1n) is 6.72. The van der Waals surface area contributed by atoms with E-state index in [0.29, 0.717) is 4.88 Å². The molecule has 1 amide bonds. The molecule has 0 atom stereocenters. The zero-order chi connectivity index (χ0) is 13.7. The number of likely N-dealkylation sites (N-methyl/N-ethyl adjacent to an activating group) is 1. The van der Waals surface area contributed by atoms with Crippen LogP contribution in [0.5, 0.6) is 0 Å². The number of aromatic nitrogens is 2. The molecule has 6 nitrogen and oxygen atoms in total. The number of amides is 1. The fourth-order valence-corrected chi connectivity index (χ4v) is 2.85. The zero-order valence-electron chi connectivity index (χ0n) is 11.6. The van der Waals surface area contributed by atoms with Crippen molar-refractivity contribution in [2.24, 2.45) is 0 Å². The Balaban J connectivity index is 1.85. The number of rotatable bonds is 5. The molecule has 0 spiro atoms. The summed E-state index contributed by atoms with van der Waals surface area (Å²) in [6, 6.07) is 0. The molecule has 1 saturated heterocycles. The van der Waals surface area contributed by atoms with Gasteiger partial charge in [0, 0.05) is 46.3 Å². The van der Waals surface area contributed by atoms with Gasteiger partial charge in [-0.05, 0) is 18.0 Å². The summed E-state index contributed by atoms with van der Waals surface area (Å²) in [7, 11) is 1.85. The molecule has 2 rings (SSSR count). The smallest absolute Gasteiger partial charge is 0.267 e. The molecule has 1 N–H and O–H groups in total. The lowest BCUT2D eigenvalue weighted by atomic mass is 10.2. The van der Waals surface area contributed by atoms with E-state index in [1.807, 2.05) is 14.0 Å². The molecule has 0 bridgehead atoms. The zero-order valence-corrected chi connectivity index (χ0v) is 12.4. The van der Waals surface area contributed by atoms with E-state index >= 15 is 0 Å². The average molecular weight is 283 g/mol. The van der Waals surface area contributed by atoms with Crippen LogP contribution in [0.2, 0.25) is 0 Å². The third-order valence-electron chi connectivity index (χ3n) is 3.39. The predicted octanol–water partition coefficient (Wildman–Crippen LogP) is 0.0777. The molecule has 7 heteroatoms. The van der Waals surface area contributed by atoms with E-state index in [-0.39, 0.29) is 5.91 Å². The number of hydrogen-bond donors (Lipinski definition) is 1. The van der Waals surface area contributed by atoms with Gasteiger partial charge in [-0.3, -0.25) is 9.69 Å². The van der Waals surface area contributed by atoms with Gasteiger partial charge in [0.2, 0.25) is 0 Å². The van der Waals surface area contributed by atoms with E-state index in [1.165, 1.54) is 11.5 Å². The molecule has 1 aliphatic rings. The van der Waals surface area contributed by atoms with Crippen LogP contribution in [0.25, 0.3) is 0 Å². The Hall–Kier alpha value is -1.05.